The van der Waals surface area contributed by atoms with Gasteiger partial charge in [-0.05, 0) is 31.9 Å². The van der Waals surface area contributed by atoms with Crippen molar-refractivity contribution >= 4 is 17.1 Å². The van der Waals surface area contributed by atoms with Crippen molar-refractivity contribution in [1.29, 1.82) is 0 Å². The highest BCUT2D eigenvalue weighted by Crippen LogP contribution is 2.32. The average molecular weight is 396 g/mol. The molecular weight excluding hydrogens is 370 g/mol. The summed E-state index contributed by atoms with van der Waals surface area (Å²) in [5.41, 5.74) is 5.78. The molecular formula is C22H25N3O2S. The van der Waals surface area contributed by atoms with Gasteiger partial charge >= 0.3 is 0 Å². The van der Waals surface area contributed by atoms with E-state index >= 15 is 0 Å². The van der Waals surface area contributed by atoms with Gasteiger partial charge in [0.15, 0.2) is 5.78 Å². The topological polar surface area (TPSA) is 58.2 Å². The zero-order valence-electron chi connectivity index (χ0n) is 16.5. The van der Waals surface area contributed by atoms with E-state index in [2.05, 4.69) is 39.5 Å². The number of ketones is 1. The molecule has 5 nitrogen and oxygen atoms in total. The summed E-state index contributed by atoms with van der Waals surface area (Å²) >= 11 is 1.62. The monoisotopic (exact) mass is 395 g/mol. The summed E-state index contributed by atoms with van der Waals surface area (Å²) in [6.07, 6.45) is -0.0140. The molecule has 0 saturated carbocycles. The summed E-state index contributed by atoms with van der Waals surface area (Å²) in [6, 6.07) is 10.5. The van der Waals surface area contributed by atoms with Gasteiger partial charge in [-0.1, -0.05) is 30.3 Å². The third-order valence-corrected chi connectivity index (χ3v) is 6.18. The summed E-state index contributed by atoms with van der Waals surface area (Å²) in [5.74, 6) is 0.0834. The Hall–Kier alpha value is -2.28. The summed E-state index contributed by atoms with van der Waals surface area (Å²) in [6.45, 7) is 8.93. The Balaban J connectivity index is 1.51. The van der Waals surface area contributed by atoms with Crippen LogP contribution < -0.4 is 0 Å². The van der Waals surface area contributed by atoms with Crippen LogP contribution in [0.5, 0.6) is 0 Å². The fraction of sp³-hybridized carbons (Fsp3) is 0.364. The number of H-pyrrole nitrogens is 1. The molecule has 1 atom stereocenters. The van der Waals surface area contributed by atoms with Gasteiger partial charge in [-0.2, -0.15) is 0 Å². The zero-order valence-corrected chi connectivity index (χ0v) is 17.3. The van der Waals surface area contributed by atoms with Crippen molar-refractivity contribution in [1.82, 2.24) is 14.9 Å². The first-order valence-corrected chi connectivity index (χ1v) is 10.4. The Morgan fingerprint density at radius 3 is 2.82 bits per heavy atom. The summed E-state index contributed by atoms with van der Waals surface area (Å²) in [4.78, 5) is 22.5. The van der Waals surface area contributed by atoms with Gasteiger partial charge in [0, 0.05) is 36.3 Å². The lowest BCUT2D eigenvalue weighted by atomic mass is 10.1. The molecule has 2 aromatic heterocycles. The number of morpholine rings is 1. The highest BCUT2D eigenvalue weighted by atomic mass is 32.1. The van der Waals surface area contributed by atoms with Crippen LogP contribution in [0.25, 0.3) is 11.4 Å². The predicted octanol–water partition coefficient (Wildman–Crippen LogP) is 4.53. The Kier molecular flexibility index (Phi) is 5.44. The van der Waals surface area contributed by atoms with Gasteiger partial charge < -0.3 is 9.72 Å². The lowest BCUT2D eigenvalue weighted by Crippen LogP contribution is -2.37. The number of carbonyl (C=O) groups is 1. The first-order valence-electron chi connectivity index (χ1n) is 9.56. The third-order valence-electron chi connectivity index (χ3n) is 5.24. The van der Waals surface area contributed by atoms with Crippen molar-refractivity contribution in [2.75, 3.05) is 19.7 Å². The molecule has 0 amide bonds. The van der Waals surface area contributed by atoms with Crippen LogP contribution in [0.15, 0.2) is 35.7 Å². The Labute approximate surface area is 169 Å². The number of rotatable bonds is 5. The number of Topliss-reactive ketones (excluding diaryl/α,β-unsaturated/α-hetero) is 1. The van der Waals surface area contributed by atoms with E-state index in [1.54, 1.807) is 18.3 Å². The smallest absolute Gasteiger partial charge is 0.161 e. The van der Waals surface area contributed by atoms with Crippen LogP contribution in [0.4, 0.5) is 0 Å². The number of nitrogens with one attached hydrogen (secondary N) is 1. The average Bonchev–Trinajstić information content (AvgIpc) is 3.27. The number of aryl methyl sites for hydroxylation is 1. The van der Waals surface area contributed by atoms with E-state index in [0.29, 0.717) is 6.61 Å². The summed E-state index contributed by atoms with van der Waals surface area (Å²) in [7, 11) is 0. The molecule has 0 spiro atoms. The first kappa shape index (κ1) is 19.1. The maximum Gasteiger partial charge on any atom is 0.161 e. The van der Waals surface area contributed by atoms with Gasteiger partial charge in [-0.15, -0.1) is 11.3 Å². The molecule has 3 aromatic rings. The zero-order chi connectivity index (χ0) is 19.7. The maximum absolute atomic E-state index is 11.9. The number of carbonyl (C=O) groups excluding carboxylic acids is 1. The first-order chi connectivity index (χ1) is 13.5. The van der Waals surface area contributed by atoms with Crippen molar-refractivity contribution in [2.45, 2.75) is 33.4 Å². The minimum absolute atomic E-state index is 0.0140. The predicted molar refractivity (Wildman–Crippen MR) is 112 cm³/mol. The van der Waals surface area contributed by atoms with Crippen LogP contribution in [-0.2, 0) is 11.3 Å². The van der Waals surface area contributed by atoms with Crippen LogP contribution in [-0.4, -0.2) is 40.3 Å². The molecule has 1 saturated heterocycles. The van der Waals surface area contributed by atoms with Crippen molar-refractivity contribution < 1.29 is 9.53 Å². The Morgan fingerprint density at radius 2 is 2.11 bits per heavy atom. The summed E-state index contributed by atoms with van der Waals surface area (Å²) in [5, 5.41) is 3.04. The van der Waals surface area contributed by atoms with Crippen LogP contribution in [0.2, 0.25) is 0 Å². The number of benzene rings is 1. The minimum Gasteiger partial charge on any atom is -0.368 e. The number of ether oxygens (including phenoxy) is 1. The largest absolute Gasteiger partial charge is 0.368 e. The van der Waals surface area contributed by atoms with Crippen LogP contribution in [0.1, 0.15) is 45.2 Å². The SMILES string of the molecule is CC(=O)c1c(C)[nH]c(-c2csc(C3CN(Cc4ccccc4)CCO3)n2)c1C. The van der Waals surface area contributed by atoms with Crippen molar-refractivity contribution in [2.24, 2.45) is 0 Å². The van der Waals surface area contributed by atoms with Gasteiger partial charge in [0.25, 0.3) is 0 Å². The lowest BCUT2D eigenvalue weighted by molar-refractivity contribution is -0.0329. The molecule has 6 heteroatoms. The molecule has 1 aliphatic rings. The molecule has 1 unspecified atom stereocenters. The van der Waals surface area contributed by atoms with E-state index in [1.165, 1.54) is 5.56 Å². The Morgan fingerprint density at radius 1 is 1.32 bits per heavy atom. The number of nitrogens with zero attached hydrogens (tertiary/aromatic N) is 2. The molecule has 0 radical (unpaired) electrons. The van der Waals surface area contributed by atoms with Crippen LogP contribution >= 0.6 is 11.3 Å². The number of aromatic nitrogens is 2. The molecule has 1 aliphatic heterocycles. The van der Waals surface area contributed by atoms with E-state index in [0.717, 1.165) is 52.9 Å². The normalized spacial score (nSPS) is 17.8. The second kappa shape index (κ2) is 7.99. The van der Waals surface area contributed by atoms with Crippen molar-refractivity contribution in [3.8, 4) is 11.4 Å². The number of thiazole rings is 1. The molecule has 1 aromatic carbocycles. The van der Waals surface area contributed by atoms with Gasteiger partial charge in [-0.25, -0.2) is 4.98 Å². The fourth-order valence-corrected chi connectivity index (χ4v) is 4.77. The van der Waals surface area contributed by atoms with Gasteiger partial charge in [0.05, 0.1) is 18.0 Å². The number of aromatic amines is 1. The highest BCUT2D eigenvalue weighted by molar-refractivity contribution is 7.10. The van der Waals surface area contributed by atoms with Gasteiger partial charge in [0.2, 0.25) is 0 Å². The second-order valence-electron chi connectivity index (χ2n) is 7.33. The second-order valence-corrected chi connectivity index (χ2v) is 8.22. The number of hydrogen-bond acceptors (Lipinski definition) is 5. The maximum atomic E-state index is 11.9. The van der Waals surface area contributed by atoms with Gasteiger partial charge in [0.1, 0.15) is 11.1 Å². The van der Waals surface area contributed by atoms with E-state index < -0.39 is 0 Å². The van der Waals surface area contributed by atoms with E-state index in [4.69, 9.17) is 9.72 Å². The van der Waals surface area contributed by atoms with E-state index in [1.807, 2.05) is 19.9 Å². The molecule has 1 fully saturated rings. The summed E-state index contributed by atoms with van der Waals surface area (Å²) < 4.78 is 6.02. The molecule has 4 rings (SSSR count). The van der Waals surface area contributed by atoms with Crippen molar-refractivity contribution in [3.63, 3.8) is 0 Å². The standard InChI is InChI=1S/C22H25N3O2S/c1-14-20(16(3)26)15(2)23-21(14)18-13-28-22(24-18)19-12-25(9-10-27-19)11-17-7-5-4-6-8-17/h4-8,13,19,23H,9-12H2,1-3H3. The number of hydrogen-bond donors (Lipinski definition) is 1. The quantitative estimate of drug-likeness (QED) is 0.645. The third kappa shape index (κ3) is 3.81. The van der Waals surface area contributed by atoms with E-state index in [-0.39, 0.29) is 11.9 Å². The molecule has 1 N–H and O–H groups in total. The lowest BCUT2D eigenvalue weighted by Gasteiger charge is -2.31. The Bertz CT molecular complexity index is 977. The van der Waals surface area contributed by atoms with Crippen LogP contribution in [0, 0.1) is 13.8 Å². The van der Waals surface area contributed by atoms with Crippen molar-refractivity contribution in [3.05, 3.63) is 63.1 Å². The molecule has 3 heterocycles. The molecule has 0 aliphatic carbocycles. The van der Waals surface area contributed by atoms with Crippen LogP contribution in [0.3, 0.4) is 0 Å². The van der Waals surface area contributed by atoms with E-state index in [9.17, 15) is 4.79 Å². The molecule has 0 bridgehead atoms. The molecule has 146 valence electrons. The fourth-order valence-electron chi connectivity index (χ4n) is 3.92. The highest BCUT2D eigenvalue weighted by Gasteiger charge is 2.26. The van der Waals surface area contributed by atoms with Gasteiger partial charge in [-0.3, -0.25) is 9.69 Å². The molecule has 28 heavy (non-hydrogen) atoms. The minimum atomic E-state index is -0.0140.